The summed E-state index contributed by atoms with van der Waals surface area (Å²) in [7, 11) is 1.64. The van der Waals surface area contributed by atoms with Crippen molar-refractivity contribution in [3.8, 4) is 11.8 Å². The van der Waals surface area contributed by atoms with Crippen LogP contribution >= 0.6 is 0 Å². The van der Waals surface area contributed by atoms with Crippen molar-refractivity contribution in [3.05, 3.63) is 95.1 Å². The van der Waals surface area contributed by atoms with Crippen molar-refractivity contribution in [1.29, 1.82) is 5.26 Å². The first-order valence-corrected chi connectivity index (χ1v) is 9.49. The van der Waals surface area contributed by atoms with Crippen LogP contribution in [-0.4, -0.2) is 24.5 Å². The van der Waals surface area contributed by atoms with Crippen LogP contribution in [0.2, 0.25) is 0 Å². The molecule has 1 N–H and O–H groups in total. The molecule has 29 heavy (non-hydrogen) atoms. The number of methoxy groups -OCH3 is 1. The fraction of sp³-hybridized carbons (Fsp3) is 0.167. The monoisotopic (exact) mass is 383 g/mol. The molecule has 0 aliphatic carbocycles. The Morgan fingerprint density at radius 2 is 1.86 bits per heavy atom. The molecule has 4 rings (SSSR count). The summed E-state index contributed by atoms with van der Waals surface area (Å²) in [6.45, 7) is 0.550. The lowest BCUT2D eigenvalue weighted by molar-refractivity contribution is 0.0685. The first kappa shape index (κ1) is 18.6. The molecule has 5 heteroatoms. The lowest BCUT2D eigenvalue weighted by atomic mass is 10.0. The van der Waals surface area contributed by atoms with Gasteiger partial charge in [0.15, 0.2) is 0 Å². The lowest BCUT2D eigenvalue weighted by Gasteiger charge is -2.38. The van der Waals surface area contributed by atoms with Gasteiger partial charge in [0.25, 0.3) is 5.91 Å². The Bertz CT molecular complexity index is 1070. The lowest BCUT2D eigenvalue weighted by Crippen LogP contribution is -2.44. The first-order chi connectivity index (χ1) is 14.2. The third kappa shape index (κ3) is 3.78. The molecule has 1 atom stereocenters. The predicted molar refractivity (Wildman–Crippen MR) is 112 cm³/mol. The normalized spacial score (nSPS) is 15.2. The van der Waals surface area contributed by atoms with Crippen LogP contribution in [0.5, 0.6) is 5.75 Å². The maximum absolute atomic E-state index is 13.3. The minimum absolute atomic E-state index is 0.0137. The molecule has 144 valence electrons. The van der Waals surface area contributed by atoms with E-state index < -0.39 is 0 Å². The minimum Gasteiger partial charge on any atom is -0.497 e. The Morgan fingerprint density at radius 3 is 2.62 bits per heavy atom. The number of carbonyl (C=O) groups is 1. The number of nitrogens with one attached hydrogen (secondary N) is 1. The highest BCUT2D eigenvalue weighted by Crippen LogP contribution is 2.33. The van der Waals surface area contributed by atoms with E-state index in [4.69, 9.17) is 4.74 Å². The average molecular weight is 383 g/mol. The molecule has 0 fully saturated rings. The second kappa shape index (κ2) is 8.07. The molecular formula is C24H21N3O2. The molecule has 3 aromatic carbocycles. The zero-order chi connectivity index (χ0) is 20.2. The smallest absolute Gasteiger partial charge is 0.257 e. The Labute approximate surface area is 170 Å². The van der Waals surface area contributed by atoms with E-state index >= 15 is 0 Å². The van der Waals surface area contributed by atoms with E-state index in [2.05, 4.69) is 11.4 Å². The number of anilines is 1. The fourth-order valence-corrected chi connectivity index (χ4v) is 3.61. The number of hydrogen-bond acceptors (Lipinski definition) is 4. The van der Waals surface area contributed by atoms with Gasteiger partial charge in [-0.1, -0.05) is 36.4 Å². The molecule has 1 aliphatic heterocycles. The number of ether oxygens (including phenoxy) is 1. The Hall–Kier alpha value is -3.78. The average Bonchev–Trinajstić information content (AvgIpc) is 2.78. The molecule has 0 unspecified atom stereocenters. The standard InChI is InChI=1S/C24H21N3O2/c1-29-20-11-9-17(10-12-20)13-14-27-23(19-6-4-5-18(15-19)16-25)26-22-8-3-2-7-21(22)24(27)28/h2-12,15,23,26H,13-14H2,1H3/t23-/m1/s1. The van der Waals surface area contributed by atoms with Crippen LogP contribution in [0.3, 0.4) is 0 Å². The van der Waals surface area contributed by atoms with Crippen molar-refractivity contribution in [1.82, 2.24) is 4.90 Å². The number of nitriles is 1. The van der Waals surface area contributed by atoms with Gasteiger partial charge in [-0.25, -0.2) is 0 Å². The molecule has 1 heterocycles. The SMILES string of the molecule is COc1ccc(CCN2C(=O)c3ccccc3N[C@H]2c2cccc(C#N)c2)cc1. The molecule has 0 saturated heterocycles. The maximum atomic E-state index is 13.3. The highest BCUT2D eigenvalue weighted by atomic mass is 16.5. The number of fused-ring (bicyclic) bond motifs is 1. The van der Waals surface area contributed by atoms with Gasteiger partial charge in [-0.2, -0.15) is 5.26 Å². The van der Waals surface area contributed by atoms with E-state index in [0.717, 1.165) is 22.6 Å². The van der Waals surface area contributed by atoms with Crippen molar-refractivity contribution >= 4 is 11.6 Å². The highest BCUT2D eigenvalue weighted by Gasteiger charge is 2.32. The summed E-state index contributed by atoms with van der Waals surface area (Å²) in [6, 6.07) is 25.0. The summed E-state index contributed by atoms with van der Waals surface area (Å²) in [5.74, 6) is 0.796. The van der Waals surface area contributed by atoms with Gasteiger partial charge >= 0.3 is 0 Å². The van der Waals surface area contributed by atoms with Gasteiger partial charge in [-0.05, 0) is 53.9 Å². The summed E-state index contributed by atoms with van der Waals surface area (Å²) in [4.78, 5) is 15.1. The number of amides is 1. The van der Waals surface area contributed by atoms with E-state index in [1.165, 1.54) is 0 Å². The molecule has 1 aliphatic rings. The van der Waals surface area contributed by atoms with Gasteiger partial charge in [0.05, 0.1) is 24.3 Å². The van der Waals surface area contributed by atoms with Crippen LogP contribution in [0, 0.1) is 11.3 Å². The van der Waals surface area contributed by atoms with E-state index in [9.17, 15) is 10.1 Å². The molecule has 0 bridgehead atoms. The van der Waals surface area contributed by atoms with Gasteiger partial charge in [-0.3, -0.25) is 4.79 Å². The molecule has 0 radical (unpaired) electrons. The molecule has 0 saturated carbocycles. The van der Waals surface area contributed by atoms with Crippen molar-refractivity contribution in [3.63, 3.8) is 0 Å². The van der Waals surface area contributed by atoms with Gasteiger partial charge in [0.2, 0.25) is 0 Å². The quantitative estimate of drug-likeness (QED) is 0.710. The Balaban J connectivity index is 1.65. The van der Waals surface area contributed by atoms with Crippen molar-refractivity contribution in [2.24, 2.45) is 0 Å². The first-order valence-electron chi connectivity index (χ1n) is 9.49. The van der Waals surface area contributed by atoms with Gasteiger partial charge < -0.3 is 15.0 Å². The van der Waals surface area contributed by atoms with Crippen LogP contribution in [0.1, 0.15) is 33.2 Å². The van der Waals surface area contributed by atoms with Crippen LogP contribution in [0.25, 0.3) is 0 Å². The second-order valence-corrected chi connectivity index (χ2v) is 6.93. The number of para-hydroxylation sites is 1. The molecular weight excluding hydrogens is 362 g/mol. The maximum Gasteiger partial charge on any atom is 0.257 e. The summed E-state index contributed by atoms with van der Waals surface area (Å²) in [6.07, 6.45) is 0.387. The fourth-order valence-electron chi connectivity index (χ4n) is 3.61. The topological polar surface area (TPSA) is 65.4 Å². The van der Waals surface area contributed by atoms with Crippen molar-refractivity contribution < 1.29 is 9.53 Å². The van der Waals surface area contributed by atoms with E-state index in [1.54, 1.807) is 13.2 Å². The molecule has 0 spiro atoms. The molecule has 3 aromatic rings. The second-order valence-electron chi connectivity index (χ2n) is 6.93. The number of hydrogen-bond donors (Lipinski definition) is 1. The zero-order valence-electron chi connectivity index (χ0n) is 16.1. The van der Waals surface area contributed by atoms with E-state index in [-0.39, 0.29) is 12.1 Å². The summed E-state index contributed by atoms with van der Waals surface area (Å²) in [5.41, 5.74) is 4.06. The largest absolute Gasteiger partial charge is 0.497 e. The number of benzene rings is 3. The van der Waals surface area contributed by atoms with Gasteiger partial charge in [0, 0.05) is 12.2 Å². The van der Waals surface area contributed by atoms with Crippen molar-refractivity contribution in [2.45, 2.75) is 12.6 Å². The summed E-state index contributed by atoms with van der Waals surface area (Å²) < 4.78 is 5.22. The summed E-state index contributed by atoms with van der Waals surface area (Å²) >= 11 is 0. The number of carbonyl (C=O) groups excluding carboxylic acids is 1. The number of nitrogens with zero attached hydrogens (tertiary/aromatic N) is 2. The minimum atomic E-state index is -0.330. The third-order valence-electron chi connectivity index (χ3n) is 5.15. The third-order valence-corrected chi connectivity index (χ3v) is 5.15. The summed E-state index contributed by atoms with van der Waals surface area (Å²) in [5, 5.41) is 12.7. The van der Waals surface area contributed by atoms with Gasteiger partial charge in [0.1, 0.15) is 11.9 Å². The molecule has 0 aromatic heterocycles. The number of rotatable bonds is 5. The zero-order valence-corrected chi connectivity index (χ0v) is 16.1. The highest BCUT2D eigenvalue weighted by molar-refractivity contribution is 6.01. The van der Waals surface area contributed by atoms with Crippen LogP contribution in [0.15, 0.2) is 72.8 Å². The molecule has 5 nitrogen and oxygen atoms in total. The Kier molecular flexibility index (Phi) is 5.17. The predicted octanol–water partition coefficient (Wildman–Crippen LogP) is 4.38. The van der Waals surface area contributed by atoms with Crippen LogP contribution < -0.4 is 10.1 Å². The van der Waals surface area contributed by atoms with Crippen LogP contribution in [-0.2, 0) is 6.42 Å². The van der Waals surface area contributed by atoms with E-state index in [0.29, 0.717) is 24.1 Å². The van der Waals surface area contributed by atoms with Crippen LogP contribution in [0.4, 0.5) is 5.69 Å². The van der Waals surface area contributed by atoms with Gasteiger partial charge in [-0.15, -0.1) is 0 Å². The Morgan fingerprint density at radius 1 is 1.07 bits per heavy atom. The van der Waals surface area contributed by atoms with Crippen molar-refractivity contribution in [2.75, 3.05) is 19.0 Å². The van der Waals surface area contributed by atoms with E-state index in [1.807, 2.05) is 71.6 Å². The molecule has 1 amide bonds.